The van der Waals surface area contributed by atoms with Gasteiger partial charge in [-0.15, -0.1) is 0 Å². The van der Waals surface area contributed by atoms with Crippen molar-refractivity contribution in [3.8, 4) is 0 Å². The van der Waals surface area contributed by atoms with E-state index in [1.807, 2.05) is 30.3 Å². The van der Waals surface area contributed by atoms with Gasteiger partial charge >= 0.3 is 5.97 Å². The van der Waals surface area contributed by atoms with Crippen molar-refractivity contribution in [1.82, 2.24) is 10.6 Å². The summed E-state index contributed by atoms with van der Waals surface area (Å²) in [6, 6.07) is 7.81. The van der Waals surface area contributed by atoms with Crippen LogP contribution in [0, 0.1) is 0 Å². The molecule has 2 atom stereocenters. The van der Waals surface area contributed by atoms with Gasteiger partial charge in [0, 0.05) is 13.3 Å². The van der Waals surface area contributed by atoms with Crippen molar-refractivity contribution >= 4 is 17.8 Å². The number of benzene rings is 1. The molecule has 6 heteroatoms. The van der Waals surface area contributed by atoms with E-state index in [-0.39, 0.29) is 5.91 Å². The third kappa shape index (κ3) is 5.64. The zero-order chi connectivity index (χ0) is 15.8. The van der Waals surface area contributed by atoms with Crippen LogP contribution < -0.4 is 10.6 Å². The zero-order valence-electron chi connectivity index (χ0n) is 12.4. The van der Waals surface area contributed by atoms with Crippen molar-refractivity contribution in [1.29, 1.82) is 0 Å². The first-order chi connectivity index (χ1) is 9.93. The van der Waals surface area contributed by atoms with Crippen molar-refractivity contribution in [2.75, 3.05) is 7.11 Å². The van der Waals surface area contributed by atoms with E-state index in [0.717, 1.165) is 5.56 Å². The van der Waals surface area contributed by atoms with Crippen molar-refractivity contribution in [2.45, 2.75) is 32.4 Å². The molecule has 0 bridgehead atoms. The van der Waals surface area contributed by atoms with Crippen LogP contribution in [0.1, 0.15) is 19.4 Å². The maximum atomic E-state index is 12.2. The molecule has 1 rings (SSSR count). The monoisotopic (exact) mass is 292 g/mol. The van der Waals surface area contributed by atoms with E-state index in [0.29, 0.717) is 6.42 Å². The molecule has 2 N–H and O–H groups in total. The molecule has 0 spiro atoms. The van der Waals surface area contributed by atoms with Gasteiger partial charge in [0.1, 0.15) is 12.1 Å². The van der Waals surface area contributed by atoms with Gasteiger partial charge in [-0.05, 0) is 12.5 Å². The maximum absolute atomic E-state index is 12.2. The van der Waals surface area contributed by atoms with Crippen molar-refractivity contribution in [3.63, 3.8) is 0 Å². The van der Waals surface area contributed by atoms with Gasteiger partial charge in [-0.2, -0.15) is 0 Å². The molecule has 0 heterocycles. The van der Waals surface area contributed by atoms with E-state index < -0.39 is 24.0 Å². The number of hydrogen-bond donors (Lipinski definition) is 2. The molecule has 114 valence electrons. The minimum Gasteiger partial charge on any atom is -0.467 e. The summed E-state index contributed by atoms with van der Waals surface area (Å²) < 4.78 is 4.55. The zero-order valence-corrected chi connectivity index (χ0v) is 12.4. The van der Waals surface area contributed by atoms with Crippen LogP contribution in [-0.4, -0.2) is 37.0 Å². The summed E-state index contributed by atoms with van der Waals surface area (Å²) in [6.45, 7) is 2.87. The minimum atomic E-state index is -0.769. The molecule has 6 nitrogen and oxygen atoms in total. The highest BCUT2D eigenvalue weighted by molar-refractivity contribution is 5.90. The second kappa shape index (κ2) is 8.04. The Morgan fingerprint density at radius 2 is 1.76 bits per heavy atom. The average Bonchev–Trinajstić information content (AvgIpc) is 2.46. The minimum absolute atomic E-state index is 0.309. The summed E-state index contributed by atoms with van der Waals surface area (Å²) in [5, 5.41) is 5.12. The number of nitrogens with one attached hydrogen (secondary N) is 2. The standard InChI is InChI=1S/C15H20N2O4/c1-10(15(20)21-3)16-14(19)13(17-11(2)18)9-12-7-5-4-6-8-12/h4-8,10,13H,9H2,1-3H3,(H,16,19)(H,17,18)/t10-,13?/m0/s1. The summed E-state index contributed by atoms with van der Waals surface area (Å²) >= 11 is 0. The van der Waals surface area contributed by atoms with Crippen LogP contribution in [0.5, 0.6) is 0 Å². The molecular weight excluding hydrogens is 272 g/mol. The summed E-state index contributed by atoms with van der Waals surface area (Å²) in [4.78, 5) is 34.7. The van der Waals surface area contributed by atoms with E-state index in [1.54, 1.807) is 0 Å². The summed E-state index contributed by atoms with van der Waals surface area (Å²) in [7, 11) is 1.25. The van der Waals surface area contributed by atoms with E-state index in [1.165, 1.54) is 21.0 Å². The van der Waals surface area contributed by atoms with Gasteiger partial charge in [-0.1, -0.05) is 30.3 Å². The van der Waals surface area contributed by atoms with Crippen LogP contribution in [0.15, 0.2) is 30.3 Å². The average molecular weight is 292 g/mol. The predicted molar refractivity (Wildman–Crippen MR) is 77.4 cm³/mol. The van der Waals surface area contributed by atoms with Crippen LogP contribution in [0.2, 0.25) is 0 Å². The van der Waals surface area contributed by atoms with Gasteiger partial charge in [0.05, 0.1) is 7.11 Å². The summed E-state index contributed by atoms with van der Waals surface area (Å²) in [5.74, 6) is -1.27. The normalized spacial score (nSPS) is 12.9. The lowest BCUT2D eigenvalue weighted by Gasteiger charge is -2.20. The molecule has 1 aromatic carbocycles. The molecule has 0 saturated heterocycles. The third-order valence-corrected chi connectivity index (χ3v) is 2.89. The lowest BCUT2D eigenvalue weighted by Crippen LogP contribution is -2.51. The van der Waals surface area contributed by atoms with Crippen molar-refractivity contribution in [2.24, 2.45) is 0 Å². The van der Waals surface area contributed by atoms with Crippen LogP contribution in [0.25, 0.3) is 0 Å². The third-order valence-electron chi connectivity index (χ3n) is 2.89. The molecule has 1 unspecified atom stereocenters. The van der Waals surface area contributed by atoms with E-state index in [2.05, 4.69) is 15.4 Å². The van der Waals surface area contributed by atoms with Crippen molar-refractivity contribution in [3.05, 3.63) is 35.9 Å². The van der Waals surface area contributed by atoms with Gasteiger partial charge < -0.3 is 15.4 Å². The molecule has 0 radical (unpaired) electrons. The fraction of sp³-hybridized carbons (Fsp3) is 0.400. The highest BCUT2D eigenvalue weighted by Gasteiger charge is 2.24. The molecule has 0 aliphatic rings. The second-order valence-corrected chi connectivity index (χ2v) is 4.70. The quantitative estimate of drug-likeness (QED) is 0.744. The van der Waals surface area contributed by atoms with Crippen LogP contribution >= 0.6 is 0 Å². The van der Waals surface area contributed by atoms with Gasteiger partial charge in [0.25, 0.3) is 0 Å². The molecule has 0 fully saturated rings. The Labute approximate surface area is 123 Å². The SMILES string of the molecule is COC(=O)[C@H](C)NC(=O)C(Cc1ccccc1)NC(C)=O. The Bertz CT molecular complexity index is 502. The van der Waals surface area contributed by atoms with E-state index in [4.69, 9.17) is 0 Å². The largest absolute Gasteiger partial charge is 0.467 e. The summed E-state index contributed by atoms with van der Waals surface area (Å²) in [6.07, 6.45) is 0.347. The lowest BCUT2D eigenvalue weighted by molar-refractivity contribution is -0.144. The van der Waals surface area contributed by atoms with Gasteiger partial charge in [0.2, 0.25) is 11.8 Å². The maximum Gasteiger partial charge on any atom is 0.328 e. The highest BCUT2D eigenvalue weighted by Crippen LogP contribution is 2.04. The first kappa shape index (κ1) is 16.7. The number of rotatable bonds is 6. The molecule has 21 heavy (non-hydrogen) atoms. The smallest absolute Gasteiger partial charge is 0.328 e. The topological polar surface area (TPSA) is 84.5 Å². The molecular formula is C15H20N2O4. The van der Waals surface area contributed by atoms with Crippen LogP contribution in [-0.2, 0) is 25.5 Å². The Hall–Kier alpha value is -2.37. The van der Waals surface area contributed by atoms with E-state index >= 15 is 0 Å². The number of esters is 1. The first-order valence-corrected chi connectivity index (χ1v) is 6.63. The lowest BCUT2D eigenvalue weighted by atomic mass is 10.0. The van der Waals surface area contributed by atoms with Crippen LogP contribution in [0.4, 0.5) is 0 Å². The number of methoxy groups -OCH3 is 1. The number of carbonyl (C=O) groups excluding carboxylic acids is 3. The van der Waals surface area contributed by atoms with E-state index in [9.17, 15) is 14.4 Å². The molecule has 0 aromatic heterocycles. The molecule has 1 aromatic rings. The first-order valence-electron chi connectivity index (χ1n) is 6.63. The predicted octanol–water partition coefficient (Wildman–Crippen LogP) is 0.411. The number of hydrogen-bond acceptors (Lipinski definition) is 4. The van der Waals surface area contributed by atoms with Gasteiger partial charge in [0.15, 0.2) is 0 Å². The molecule has 0 saturated carbocycles. The fourth-order valence-electron chi connectivity index (χ4n) is 1.85. The molecule has 2 amide bonds. The summed E-state index contributed by atoms with van der Waals surface area (Å²) in [5.41, 5.74) is 0.914. The molecule has 0 aliphatic carbocycles. The fourth-order valence-corrected chi connectivity index (χ4v) is 1.85. The Kier molecular flexibility index (Phi) is 6.39. The number of carbonyl (C=O) groups is 3. The molecule has 0 aliphatic heterocycles. The Morgan fingerprint density at radius 3 is 2.29 bits per heavy atom. The second-order valence-electron chi connectivity index (χ2n) is 4.70. The van der Waals surface area contributed by atoms with Crippen LogP contribution in [0.3, 0.4) is 0 Å². The van der Waals surface area contributed by atoms with Gasteiger partial charge in [-0.25, -0.2) is 4.79 Å². The van der Waals surface area contributed by atoms with Crippen molar-refractivity contribution < 1.29 is 19.1 Å². The number of amides is 2. The Balaban J connectivity index is 2.75. The highest BCUT2D eigenvalue weighted by atomic mass is 16.5. The number of ether oxygens (including phenoxy) is 1. The Morgan fingerprint density at radius 1 is 1.14 bits per heavy atom. The van der Waals surface area contributed by atoms with Gasteiger partial charge in [-0.3, -0.25) is 9.59 Å².